The summed E-state index contributed by atoms with van der Waals surface area (Å²) >= 11 is 0. The first kappa shape index (κ1) is 7.10. The van der Waals surface area contributed by atoms with Crippen molar-refractivity contribution >= 4 is 5.97 Å². The number of ether oxygens (including phenoxy) is 1. The summed E-state index contributed by atoms with van der Waals surface area (Å²) in [4.78, 5) is 10.9. The van der Waals surface area contributed by atoms with Gasteiger partial charge in [0.15, 0.2) is 0 Å². The van der Waals surface area contributed by atoms with Crippen molar-refractivity contribution in [1.82, 2.24) is 0 Å². The quantitative estimate of drug-likeness (QED) is 0.645. The summed E-state index contributed by atoms with van der Waals surface area (Å²) in [6, 6.07) is 0. The normalized spacial score (nSPS) is 28.7. The van der Waals surface area contributed by atoms with Crippen molar-refractivity contribution in [2.75, 3.05) is 13.2 Å². The molecule has 11 heavy (non-hydrogen) atoms. The van der Waals surface area contributed by atoms with E-state index in [-0.39, 0.29) is 0 Å². The lowest BCUT2D eigenvalue weighted by Crippen LogP contribution is -2.52. The largest absolute Gasteiger partial charge is 0.481 e. The van der Waals surface area contributed by atoms with E-state index in [0.717, 1.165) is 19.3 Å². The molecule has 62 valence electrons. The van der Waals surface area contributed by atoms with E-state index in [1.54, 1.807) is 0 Å². The van der Waals surface area contributed by atoms with Gasteiger partial charge in [-0.3, -0.25) is 4.79 Å². The monoisotopic (exact) mass is 156 g/mol. The first-order valence-electron chi connectivity index (χ1n) is 4.07. The highest BCUT2D eigenvalue weighted by molar-refractivity contribution is 5.76. The van der Waals surface area contributed by atoms with Crippen LogP contribution in [0.1, 0.15) is 19.3 Å². The molecule has 0 aromatic carbocycles. The van der Waals surface area contributed by atoms with Crippen LogP contribution >= 0.6 is 0 Å². The second kappa shape index (κ2) is 2.21. The molecule has 0 aromatic heterocycles. The smallest absolute Gasteiger partial charge is 0.310 e. The predicted octanol–water partition coefficient (Wildman–Crippen LogP) is 0.888. The van der Waals surface area contributed by atoms with Crippen molar-refractivity contribution in [2.45, 2.75) is 19.3 Å². The molecule has 0 unspecified atom stereocenters. The van der Waals surface area contributed by atoms with Crippen molar-refractivity contribution in [3.63, 3.8) is 0 Å². The Labute approximate surface area is 65.4 Å². The van der Waals surface area contributed by atoms with Gasteiger partial charge in [0.2, 0.25) is 0 Å². The van der Waals surface area contributed by atoms with Crippen LogP contribution in [0, 0.1) is 11.3 Å². The van der Waals surface area contributed by atoms with Crippen LogP contribution < -0.4 is 0 Å². The summed E-state index contributed by atoms with van der Waals surface area (Å²) in [5, 5.41) is 8.96. The Balaban J connectivity index is 2.09. The van der Waals surface area contributed by atoms with Crippen LogP contribution in [0.2, 0.25) is 0 Å². The van der Waals surface area contributed by atoms with Crippen LogP contribution in [-0.2, 0) is 9.53 Å². The van der Waals surface area contributed by atoms with Gasteiger partial charge >= 0.3 is 5.97 Å². The lowest BCUT2D eigenvalue weighted by molar-refractivity contribution is -0.180. The molecule has 0 spiro atoms. The number of carboxylic acids is 1. The van der Waals surface area contributed by atoms with Gasteiger partial charge in [-0.2, -0.15) is 0 Å². The fraction of sp³-hybridized carbons (Fsp3) is 0.875. The van der Waals surface area contributed by atoms with E-state index in [2.05, 4.69) is 0 Å². The molecule has 0 atom stereocenters. The number of hydrogen-bond donors (Lipinski definition) is 1. The van der Waals surface area contributed by atoms with Crippen molar-refractivity contribution in [3.8, 4) is 0 Å². The van der Waals surface area contributed by atoms with Crippen LogP contribution in [0.4, 0.5) is 0 Å². The van der Waals surface area contributed by atoms with Crippen LogP contribution in [0.25, 0.3) is 0 Å². The lowest BCUT2D eigenvalue weighted by Gasteiger charge is -2.47. The molecular formula is C8H12O3. The van der Waals surface area contributed by atoms with Crippen molar-refractivity contribution in [1.29, 1.82) is 0 Å². The Morgan fingerprint density at radius 2 is 2.09 bits per heavy atom. The maximum Gasteiger partial charge on any atom is 0.310 e. The van der Waals surface area contributed by atoms with E-state index in [0.29, 0.717) is 19.1 Å². The van der Waals surface area contributed by atoms with Crippen LogP contribution in [-0.4, -0.2) is 24.3 Å². The molecule has 3 heteroatoms. The van der Waals surface area contributed by atoms with E-state index < -0.39 is 11.4 Å². The molecule has 1 N–H and O–H groups in total. The molecule has 1 heterocycles. The maximum absolute atomic E-state index is 10.9. The minimum absolute atomic E-state index is 0.300. The van der Waals surface area contributed by atoms with Gasteiger partial charge in [0, 0.05) is 5.92 Å². The number of carbonyl (C=O) groups is 1. The maximum atomic E-state index is 10.9. The molecule has 0 bridgehead atoms. The number of carboxylic acid groups (broad SMARTS) is 1. The Kier molecular flexibility index (Phi) is 1.42. The summed E-state index contributed by atoms with van der Waals surface area (Å²) in [5.74, 6) is -0.314. The Morgan fingerprint density at radius 3 is 2.18 bits per heavy atom. The van der Waals surface area contributed by atoms with Crippen molar-refractivity contribution in [2.24, 2.45) is 11.3 Å². The highest BCUT2D eigenvalue weighted by Gasteiger charge is 2.52. The zero-order valence-corrected chi connectivity index (χ0v) is 6.38. The van der Waals surface area contributed by atoms with Gasteiger partial charge in [-0.1, -0.05) is 6.42 Å². The highest BCUT2D eigenvalue weighted by Crippen LogP contribution is 2.49. The fourth-order valence-corrected chi connectivity index (χ4v) is 1.91. The molecule has 0 aromatic rings. The third kappa shape index (κ3) is 0.805. The van der Waals surface area contributed by atoms with Gasteiger partial charge in [0.05, 0.1) is 18.6 Å². The average Bonchev–Trinajstić information content (AvgIpc) is 1.71. The average molecular weight is 156 g/mol. The van der Waals surface area contributed by atoms with E-state index in [1.807, 2.05) is 0 Å². The zero-order chi connectivity index (χ0) is 7.90. The van der Waals surface area contributed by atoms with Crippen molar-refractivity contribution < 1.29 is 14.6 Å². The fourth-order valence-electron chi connectivity index (χ4n) is 1.91. The minimum Gasteiger partial charge on any atom is -0.481 e. The van der Waals surface area contributed by atoms with E-state index in [1.165, 1.54) is 0 Å². The molecule has 1 saturated carbocycles. The SMILES string of the molecule is O=C(O)C1(C2COC2)CCC1. The van der Waals surface area contributed by atoms with Crippen molar-refractivity contribution in [3.05, 3.63) is 0 Å². The third-order valence-electron chi connectivity index (χ3n) is 3.09. The molecule has 2 fully saturated rings. The second-order valence-corrected chi connectivity index (χ2v) is 3.55. The molecule has 2 rings (SSSR count). The van der Waals surface area contributed by atoms with E-state index in [9.17, 15) is 4.79 Å². The highest BCUT2D eigenvalue weighted by atomic mass is 16.5. The Morgan fingerprint density at radius 1 is 1.45 bits per heavy atom. The molecule has 1 aliphatic carbocycles. The van der Waals surface area contributed by atoms with Gasteiger partial charge in [-0.15, -0.1) is 0 Å². The lowest BCUT2D eigenvalue weighted by atomic mass is 9.60. The topological polar surface area (TPSA) is 46.5 Å². The Bertz CT molecular complexity index is 180. The standard InChI is InChI=1S/C8H12O3/c9-7(10)8(2-1-3-8)6-4-11-5-6/h6H,1-5H2,(H,9,10). The number of hydrogen-bond acceptors (Lipinski definition) is 2. The first-order valence-corrected chi connectivity index (χ1v) is 4.07. The second-order valence-electron chi connectivity index (χ2n) is 3.55. The molecule has 1 saturated heterocycles. The molecule has 2 aliphatic rings. The summed E-state index contributed by atoms with van der Waals surface area (Å²) in [7, 11) is 0. The minimum atomic E-state index is -0.614. The van der Waals surface area contributed by atoms with E-state index >= 15 is 0 Å². The molecule has 1 aliphatic heterocycles. The van der Waals surface area contributed by atoms with Crippen LogP contribution in [0.3, 0.4) is 0 Å². The summed E-state index contributed by atoms with van der Waals surface area (Å²) in [5.41, 5.74) is -0.391. The molecular weight excluding hydrogens is 144 g/mol. The van der Waals surface area contributed by atoms with Gasteiger partial charge in [0.1, 0.15) is 0 Å². The first-order chi connectivity index (χ1) is 5.26. The molecule has 0 radical (unpaired) electrons. The van der Waals surface area contributed by atoms with E-state index in [4.69, 9.17) is 9.84 Å². The zero-order valence-electron chi connectivity index (χ0n) is 6.38. The molecule has 3 nitrogen and oxygen atoms in total. The van der Waals surface area contributed by atoms with Crippen LogP contribution in [0.5, 0.6) is 0 Å². The van der Waals surface area contributed by atoms with Gasteiger partial charge < -0.3 is 9.84 Å². The predicted molar refractivity (Wildman–Crippen MR) is 38.2 cm³/mol. The summed E-state index contributed by atoms with van der Waals surface area (Å²) < 4.78 is 5.00. The molecule has 0 amide bonds. The summed E-state index contributed by atoms with van der Waals surface area (Å²) in [6.45, 7) is 1.32. The van der Waals surface area contributed by atoms with Gasteiger partial charge in [-0.25, -0.2) is 0 Å². The Hall–Kier alpha value is -0.570. The number of rotatable bonds is 2. The third-order valence-corrected chi connectivity index (χ3v) is 3.09. The number of aliphatic carboxylic acids is 1. The summed E-state index contributed by atoms with van der Waals surface area (Å²) in [6.07, 6.45) is 2.79. The van der Waals surface area contributed by atoms with Crippen LogP contribution in [0.15, 0.2) is 0 Å². The van der Waals surface area contributed by atoms with Gasteiger partial charge in [0.25, 0.3) is 0 Å². The van der Waals surface area contributed by atoms with Gasteiger partial charge in [-0.05, 0) is 12.8 Å².